The molecule has 1 amide bonds. The van der Waals surface area contributed by atoms with Crippen molar-refractivity contribution in [2.75, 3.05) is 13.6 Å². The second-order valence-corrected chi connectivity index (χ2v) is 5.85. The lowest BCUT2D eigenvalue weighted by molar-refractivity contribution is -0.188. The van der Waals surface area contributed by atoms with Crippen LogP contribution in [0.15, 0.2) is 24.5 Å². The number of fused-ring (bicyclic) bond motifs is 1. The van der Waals surface area contributed by atoms with Crippen molar-refractivity contribution in [2.45, 2.75) is 31.1 Å². The zero-order valence-corrected chi connectivity index (χ0v) is 12.5. The Kier molecular flexibility index (Phi) is 4.01. The number of likely N-dealkylation sites (N-methyl/N-ethyl adjacent to an activating group) is 1. The third kappa shape index (κ3) is 3.17. The van der Waals surface area contributed by atoms with Crippen LogP contribution in [-0.2, 0) is 0 Å². The van der Waals surface area contributed by atoms with E-state index in [1.54, 1.807) is 18.2 Å². The molecule has 0 aliphatic carbocycles. The van der Waals surface area contributed by atoms with E-state index in [9.17, 15) is 18.0 Å². The van der Waals surface area contributed by atoms with Crippen molar-refractivity contribution in [2.24, 2.45) is 0 Å². The van der Waals surface area contributed by atoms with Crippen molar-refractivity contribution >= 4 is 16.9 Å². The number of carbonyl (C=O) groups excluding carboxylic acids is 1. The van der Waals surface area contributed by atoms with Gasteiger partial charge in [-0.05, 0) is 32.0 Å². The molecule has 2 heterocycles. The molecule has 2 aromatic rings. The highest BCUT2D eigenvalue weighted by atomic mass is 19.4. The highest BCUT2D eigenvalue weighted by Gasteiger charge is 2.44. The van der Waals surface area contributed by atoms with E-state index < -0.39 is 12.2 Å². The number of benzene rings is 1. The maximum atomic E-state index is 12.8. The molecule has 0 unspecified atom stereocenters. The molecule has 3 rings (SSSR count). The zero-order valence-electron chi connectivity index (χ0n) is 12.5. The first kappa shape index (κ1) is 15.8. The molecule has 1 saturated heterocycles. The third-order valence-corrected chi connectivity index (χ3v) is 4.24. The van der Waals surface area contributed by atoms with Gasteiger partial charge in [-0.15, -0.1) is 0 Å². The van der Waals surface area contributed by atoms with Gasteiger partial charge in [0.2, 0.25) is 0 Å². The SMILES string of the molecule is CN1C[C@H](NC(=O)c2cccc3[nH]cnc23)CC[C@@H]1C(F)(F)F. The maximum absolute atomic E-state index is 12.8. The number of hydrogen-bond donors (Lipinski definition) is 2. The first-order valence-corrected chi connectivity index (χ1v) is 7.36. The molecular weight excluding hydrogens is 309 g/mol. The van der Waals surface area contributed by atoms with Gasteiger partial charge in [0.1, 0.15) is 11.6 Å². The predicted octanol–water partition coefficient (Wildman–Crippen LogP) is 2.32. The zero-order chi connectivity index (χ0) is 16.6. The Morgan fingerprint density at radius 3 is 2.87 bits per heavy atom. The van der Waals surface area contributed by atoms with Gasteiger partial charge in [-0.1, -0.05) is 6.07 Å². The molecule has 124 valence electrons. The molecule has 0 bridgehead atoms. The van der Waals surface area contributed by atoms with Gasteiger partial charge in [0.25, 0.3) is 5.91 Å². The van der Waals surface area contributed by atoms with Gasteiger partial charge in [0, 0.05) is 12.6 Å². The fourth-order valence-corrected chi connectivity index (χ4v) is 3.09. The van der Waals surface area contributed by atoms with Crippen LogP contribution in [0, 0.1) is 0 Å². The van der Waals surface area contributed by atoms with Crippen LogP contribution < -0.4 is 5.32 Å². The van der Waals surface area contributed by atoms with Crippen molar-refractivity contribution in [1.29, 1.82) is 0 Å². The topological polar surface area (TPSA) is 61.0 Å². The summed E-state index contributed by atoms with van der Waals surface area (Å²) in [6.07, 6.45) is -2.44. The fourth-order valence-electron chi connectivity index (χ4n) is 3.09. The number of nitrogens with zero attached hydrogens (tertiary/aromatic N) is 2. The van der Waals surface area contributed by atoms with Gasteiger partial charge < -0.3 is 10.3 Å². The van der Waals surface area contributed by atoms with E-state index in [1.165, 1.54) is 18.3 Å². The van der Waals surface area contributed by atoms with E-state index in [2.05, 4.69) is 15.3 Å². The highest BCUT2D eigenvalue weighted by molar-refractivity contribution is 6.04. The number of rotatable bonds is 2. The fraction of sp³-hybridized carbons (Fsp3) is 0.467. The Balaban J connectivity index is 1.69. The molecule has 1 aliphatic rings. The first-order valence-electron chi connectivity index (χ1n) is 7.36. The Morgan fingerprint density at radius 2 is 2.17 bits per heavy atom. The number of piperidine rings is 1. The van der Waals surface area contributed by atoms with Crippen molar-refractivity contribution in [1.82, 2.24) is 20.2 Å². The number of nitrogens with one attached hydrogen (secondary N) is 2. The molecule has 23 heavy (non-hydrogen) atoms. The number of imidazole rings is 1. The Bertz CT molecular complexity index is 712. The second kappa shape index (κ2) is 5.84. The maximum Gasteiger partial charge on any atom is 0.404 e. The largest absolute Gasteiger partial charge is 0.404 e. The monoisotopic (exact) mass is 326 g/mol. The summed E-state index contributed by atoms with van der Waals surface area (Å²) in [6.45, 7) is 0.173. The van der Waals surface area contributed by atoms with E-state index in [0.29, 0.717) is 17.5 Å². The van der Waals surface area contributed by atoms with E-state index in [1.807, 2.05) is 0 Å². The molecular formula is C15H17F3N4O. The number of likely N-dealkylation sites (tertiary alicyclic amines) is 1. The molecule has 0 saturated carbocycles. The number of amides is 1. The normalized spacial score (nSPS) is 23.1. The Hall–Kier alpha value is -2.09. The van der Waals surface area contributed by atoms with Crippen molar-refractivity contribution in [3.63, 3.8) is 0 Å². The number of aromatic amines is 1. The number of para-hydroxylation sites is 1. The summed E-state index contributed by atoms with van der Waals surface area (Å²) in [6, 6.07) is 3.46. The standard InChI is InChI=1S/C15H17F3N4O/c1-22-7-9(5-6-12(22)15(16,17)18)21-14(23)10-3-2-4-11-13(10)20-8-19-11/h2-4,8-9,12H,5-7H2,1H3,(H,19,20)(H,21,23)/t9-,12-/m1/s1. The molecule has 0 radical (unpaired) electrons. The number of aromatic nitrogens is 2. The quantitative estimate of drug-likeness (QED) is 0.890. The average Bonchev–Trinajstić information content (AvgIpc) is 2.94. The minimum absolute atomic E-state index is 0.0163. The van der Waals surface area contributed by atoms with Crippen LogP contribution in [0.1, 0.15) is 23.2 Å². The summed E-state index contributed by atoms with van der Waals surface area (Å²) >= 11 is 0. The number of hydrogen-bond acceptors (Lipinski definition) is 3. The van der Waals surface area contributed by atoms with Crippen molar-refractivity contribution in [3.05, 3.63) is 30.1 Å². The first-order chi connectivity index (χ1) is 10.9. The van der Waals surface area contributed by atoms with Gasteiger partial charge in [-0.3, -0.25) is 9.69 Å². The van der Waals surface area contributed by atoms with E-state index in [0.717, 1.165) is 5.52 Å². The molecule has 0 spiro atoms. The average molecular weight is 326 g/mol. The lowest BCUT2D eigenvalue weighted by Crippen LogP contribution is -2.54. The summed E-state index contributed by atoms with van der Waals surface area (Å²) < 4.78 is 38.5. The van der Waals surface area contributed by atoms with Gasteiger partial charge in [0.05, 0.1) is 17.4 Å². The highest BCUT2D eigenvalue weighted by Crippen LogP contribution is 2.31. The molecule has 1 aromatic carbocycles. The molecule has 5 nitrogen and oxygen atoms in total. The van der Waals surface area contributed by atoms with Crippen LogP contribution in [0.5, 0.6) is 0 Å². The number of alkyl halides is 3. The molecule has 1 aliphatic heterocycles. The Morgan fingerprint density at radius 1 is 1.39 bits per heavy atom. The lowest BCUT2D eigenvalue weighted by Gasteiger charge is -2.38. The van der Waals surface area contributed by atoms with Crippen LogP contribution in [0.4, 0.5) is 13.2 Å². The molecule has 8 heteroatoms. The molecule has 2 N–H and O–H groups in total. The van der Waals surface area contributed by atoms with Gasteiger partial charge in [0.15, 0.2) is 0 Å². The Labute approximate surface area is 130 Å². The molecule has 2 atom stereocenters. The summed E-state index contributed by atoms with van der Waals surface area (Å²) in [5, 5.41) is 2.82. The molecule has 1 aromatic heterocycles. The second-order valence-electron chi connectivity index (χ2n) is 5.85. The van der Waals surface area contributed by atoms with Crippen molar-refractivity contribution in [3.8, 4) is 0 Å². The third-order valence-electron chi connectivity index (χ3n) is 4.24. The van der Waals surface area contributed by atoms with E-state index in [-0.39, 0.29) is 24.9 Å². The van der Waals surface area contributed by atoms with E-state index >= 15 is 0 Å². The van der Waals surface area contributed by atoms with Gasteiger partial charge >= 0.3 is 6.18 Å². The number of H-pyrrole nitrogens is 1. The molecule has 1 fully saturated rings. The minimum atomic E-state index is -4.23. The van der Waals surface area contributed by atoms with Crippen molar-refractivity contribution < 1.29 is 18.0 Å². The number of carbonyl (C=O) groups is 1. The summed E-state index contributed by atoms with van der Waals surface area (Å²) in [5.41, 5.74) is 1.72. The van der Waals surface area contributed by atoms with Crippen LogP contribution in [-0.4, -0.2) is 52.6 Å². The van der Waals surface area contributed by atoms with Gasteiger partial charge in [-0.25, -0.2) is 4.98 Å². The van der Waals surface area contributed by atoms with Crippen LogP contribution in [0.25, 0.3) is 11.0 Å². The van der Waals surface area contributed by atoms with E-state index in [4.69, 9.17) is 0 Å². The van der Waals surface area contributed by atoms with Gasteiger partial charge in [-0.2, -0.15) is 13.2 Å². The summed E-state index contributed by atoms with van der Waals surface area (Å²) in [4.78, 5) is 20.7. The summed E-state index contributed by atoms with van der Waals surface area (Å²) in [5.74, 6) is -0.313. The minimum Gasteiger partial charge on any atom is -0.348 e. The number of halogens is 3. The lowest BCUT2D eigenvalue weighted by atomic mass is 9.98. The smallest absolute Gasteiger partial charge is 0.348 e. The predicted molar refractivity (Wildman–Crippen MR) is 79.1 cm³/mol. The van der Waals surface area contributed by atoms with Crippen LogP contribution in [0.3, 0.4) is 0 Å². The summed E-state index contributed by atoms with van der Waals surface area (Å²) in [7, 11) is 1.44. The van der Waals surface area contributed by atoms with Crippen LogP contribution in [0.2, 0.25) is 0 Å². The van der Waals surface area contributed by atoms with Crippen LogP contribution >= 0.6 is 0 Å².